The summed E-state index contributed by atoms with van der Waals surface area (Å²) in [5, 5.41) is 2.18. The molecule has 0 bridgehead atoms. The third kappa shape index (κ3) is 5.29. The molecule has 2 aliphatic heterocycles. The fraction of sp³-hybridized carbons (Fsp3) is 0.438. The molecule has 0 radical (unpaired) electrons. The highest BCUT2D eigenvalue weighted by molar-refractivity contribution is 7.10. The first-order chi connectivity index (χ1) is 18.1. The van der Waals surface area contributed by atoms with Gasteiger partial charge in [0.2, 0.25) is 5.91 Å². The zero-order chi connectivity index (χ0) is 27.0. The molecule has 2 amide bonds. The summed E-state index contributed by atoms with van der Waals surface area (Å²) in [6, 6.07) is 18.8. The van der Waals surface area contributed by atoms with Gasteiger partial charge in [-0.3, -0.25) is 14.5 Å². The van der Waals surface area contributed by atoms with Crippen LogP contribution < -0.4 is 0 Å². The molecule has 2 aromatic carbocycles. The van der Waals surface area contributed by atoms with Crippen molar-refractivity contribution >= 4 is 23.2 Å². The summed E-state index contributed by atoms with van der Waals surface area (Å²) in [4.78, 5) is 34.5. The van der Waals surface area contributed by atoms with Gasteiger partial charge in [-0.25, -0.2) is 0 Å². The molecular weight excluding hydrogens is 490 g/mol. The molecule has 2 atom stereocenters. The number of piperazine rings is 1. The smallest absolute Gasteiger partial charge is 0.254 e. The minimum absolute atomic E-state index is 0.0283. The van der Waals surface area contributed by atoms with Crippen molar-refractivity contribution in [2.45, 2.75) is 58.5 Å². The van der Waals surface area contributed by atoms with Crippen LogP contribution in [-0.2, 0) is 16.6 Å². The van der Waals surface area contributed by atoms with Crippen LogP contribution >= 0.6 is 11.3 Å². The molecule has 1 saturated heterocycles. The fourth-order valence-corrected chi connectivity index (χ4v) is 6.74. The van der Waals surface area contributed by atoms with E-state index in [2.05, 4.69) is 87.4 Å². The molecule has 0 aliphatic carbocycles. The van der Waals surface area contributed by atoms with Gasteiger partial charge < -0.3 is 9.80 Å². The number of rotatable bonds is 4. The van der Waals surface area contributed by atoms with Crippen molar-refractivity contribution in [3.8, 4) is 0 Å². The number of carbonyl (C=O) groups is 2. The summed E-state index contributed by atoms with van der Waals surface area (Å²) in [5.41, 5.74) is 5.86. The quantitative estimate of drug-likeness (QED) is 0.437. The van der Waals surface area contributed by atoms with Crippen molar-refractivity contribution in [3.63, 3.8) is 0 Å². The fourth-order valence-electron chi connectivity index (χ4n) is 5.83. The summed E-state index contributed by atoms with van der Waals surface area (Å²) >= 11 is 1.82. The topological polar surface area (TPSA) is 43.9 Å². The third-order valence-electron chi connectivity index (χ3n) is 8.13. The normalized spacial score (nSPS) is 20.3. The maximum absolute atomic E-state index is 13.6. The largest absolute Gasteiger partial charge is 0.338 e. The van der Waals surface area contributed by atoms with E-state index < -0.39 is 0 Å². The summed E-state index contributed by atoms with van der Waals surface area (Å²) in [6.45, 7) is 13.7. The van der Waals surface area contributed by atoms with E-state index in [1.54, 1.807) is 0 Å². The zero-order valence-corrected chi connectivity index (χ0v) is 24.1. The van der Waals surface area contributed by atoms with Gasteiger partial charge in [-0.1, -0.05) is 57.2 Å². The molecule has 0 saturated carbocycles. The van der Waals surface area contributed by atoms with Gasteiger partial charge in [-0.05, 0) is 71.5 Å². The van der Waals surface area contributed by atoms with E-state index >= 15 is 0 Å². The molecular formula is C32H39N3O2S. The second kappa shape index (κ2) is 10.7. The Bertz CT molecular complexity index is 1310. The number of nitrogens with zero attached hydrogens (tertiary/aromatic N) is 3. The standard InChI is InChI=1S/C32H39N3O2S/c1-22-8-6-7-9-26(22)30-27-15-19-38-28(27)14-16-34(30)21-29(36)33-17-18-35(23(2)20-33)31(37)24-10-12-25(13-11-24)32(3,4)5/h6-13,15,19,23,30H,14,16-18,20-21H2,1-5H3/t23-,30-/m0/s1. The summed E-state index contributed by atoms with van der Waals surface area (Å²) in [7, 11) is 0. The van der Waals surface area contributed by atoms with Gasteiger partial charge in [0.1, 0.15) is 0 Å². The van der Waals surface area contributed by atoms with Crippen LogP contribution in [0, 0.1) is 6.92 Å². The van der Waals surface area contributed by atoms with Gasteiger partial charge in [-0.2, -0.15) is 0 Å². The van der Waals surface area contributed by atoms with Crippen molar-refractivity contribution in [2.24, 2.45) is 0 Å². The molecule has 1 fully saturated rings. The molecule has 2 aliphatic rings. The Morgan fingerprint density at radius 3 is 2.37 bits per heavy atom. The summed E-state index contributed by atoms with van der Waals surface area (Å²) < 4.78 is 0. The second-order valence-corrected chi connectivity index (χ2v) is 12.8. The maximum Gasteiger partial charge on any atom is 0.254 e. The Hall–Kier alpha value is -2.96. The zero-order valence-electron chi connectivity index (χ0n) is 23.2. The van der Waals surface area contributed by atoms with E-state index in [9.17, 15) is 9.59 Å². The molecule has 5 rings (SSSR count). The lowest BCUT2D eigenvalue weighted by atomic mass is 9.86. The number of carbonyl (C=O) groups excluding carboxylic acids is 2. The first-order valence-corrected chi connectivity index (χ1v) is 14.6. The Kier molecular flexibility index (Phi) is 7.47. The van der Waals surface area contributed by atoms with Crippen molar-refractivity contribution in [2.75, 3.05) is 32.7 Å². The maximum atomic E-state index is 13.6. The van der Waals surface area contributed by atoms with Crippen molar-refractivity contribution < 1.29 is 9.59 Å². The van der Waals surface area contributed by atoms with E-state index in [1.807, 2.05) is 33.3 Å². The minimum atomic E-state index is -0.0283. The average molecular weight is 530 g/mol. The molecule has 200 valence electrons. The number of fused-ring (bicyclic) bond motifs is 1. The van der Waals surface area contributed by atoms with Gasteiger partial charge in [0.15, 0.2) is 0 Å². The van der Waals surface area contributed by atoms with Gasteiger partial charge in [0.05, 0.1) is 12.6 Å². The van der Waals surface area contributed by atoms with E-state index in [1.165, 1.54) is 27.1 Å². The number of amides is 2. The highest BCUT2D eigenvalue weighted by Crippen LogP contribution is 2.38. The molecule has 6 heteroatoms. The van der Waals surface area contributed by atoms with Crippen LogP contribution in [-0.4, -0.2) is 65.3 Å². The lowest BCUT2D eigenvalue weighted by Crippen LogP contribution is -2.57. The number of hydrogen-bond acceptors (Lipinski definition) is 4. The van der Waals surface area contributed by atoms with Crippen LogP contribution in [0.25, 0.3) is 0 Å². The van der Waals surface area contributed by atoms with Gasteiger partial charge in [-0.15, -0.1) is 11.3 Å². The average Bonchev–Trinajstić information content (AvgIpc) is 3.37. The van der Waals surface area contributed by atoms with Gasteiger partial charge in [0.25, 0.3) is 5.91 Å². The van der Waals surface area contributed by atoms with Crippen LogP contribution in [0.3, 0.4) is 0 Å². The summed E-state index contributed by atoms with van der Waals surface area (Å²) in [6.07, 6.45) is 0.981. The molecule has 0 N–H and O–H groups in total. The first-order valence-electron chi connectivity index (χ1n) is 13.7. The molecule has 1 aromatic heterocycles. The SMILES string of the molecule is Cc1ccccc1[C@H]1c2ccsc2CCN1CC(=O)N1CCN(C(=O)c2ccc(C(C)(C)C)cc2)[C@@H](C)C1. The lowest BCUT2D eigenvalue weighted by molar-refractivity contribution is -0.135. The molecule has 0 spiro atoms. The number of benzene rings is 2. The van der Waals surface area contributed by atoms with Crippen molar-refractivity contribution in [1.29, 1.82) is 0 Å². The predicted octanol–water partition coefficient (Wildman–Crippen LogP) is 5.67. The minimum Gasteiger partial charge on any atom is -0.338 e. The number of aryl methyl sites for hydroxylation is 1. The van der Waals surface area contributed by atoms with Crippen molar-refractivity contribution in [1.82, 2.24) is 14.7 Å². The Morgan fingerprint density at radius 2 is 1.68 bits per heavy atom. The molecule has 0 unspecified atom stereocenters. The predicted molar refractivity (Wildman–Crippen MR) is 155 cm³/mol. The lowest BCUT2D eigenvalue weighted by Gasteiger charge is -2.42. The Morgan fingerprint density at radius 1 is 0.947 bits per heavy atom. The molecule has 3 aromatic rings. The highest BCUT2D eigenvalue weighted by Gasteiger charge is 2.35. The first kappa shape index (κ1) is 26.6. The van der Waals surface area contributed by atoms with Crippen LogP contribution in [0.15, 0.2) is 60.0 Å². The number of hydrogen-bond donors (Lipinski definition) is 0. The van der Waals surface area contributed by atoms with E-state index in [0.29, 0.717) is 31.7 Å². The van der Waals surface area contributed by atoms with E-state index in [4.69, 9.17) is 0 Å². The van der Waals surface area contributed by atoms with Gasteiger partial charge >= 0.3 is 0 Å². The Balaban J connectivity index is 1.26. The highest BCUT2D eigenvalue weighted by atomic mass is 32.1. The second-order valence-electron chi connectivity index (χ2n) is 11.8. The number of thiophene rings is 1. The third-order valence-corrected chi connectivity index (χ3v) is 9.12. The van der Waals surface area contributed by atoms with Crippen molar-refractivity contribution in [3.05, 3.63) is 92.7 Å². The van der Waals surface area contributed by atoms with Gasteiger partial charge in [0, 0.05) is 42.7 Å². The molecule has 3 heterocycles. The Labute approximate surface area is 231 Å². The summed E-state index contributed by atoms with van der Waals surface area (Å²) in [5.74, 6) is 0.196. The van der Waals surface area contributed by atoms with E-state index in [0.717, 1.165) is 13.0 Å². The van der Waals surface area contributed by atoms with Crippen LogP contribution in [0.2, 0.25) is 0 Å². The monoisotopic (exact) mass is 529 g/mol. The van der Waals surface area contributed by atoms with Crippen LogP contribution in [0.1, 0.15) is 71.2 Å². The van der Waals surface area contributed by atoms with Crippen LogP contribution in [0.5, 0.6) is 0 Å². The van der Waals surface area contributed by atoms with E-state index in [-0.39, 0.29) is 29.3 Å². The van der Waals surface area contributed by atoms with Crippen LogP contribution in [0.4, 0.5) is 0 Å². The molecule has 38 heavy (non-hydrogen) atoms. The molecule has 5 nitrogen and oxygen atoms in total.